The summed E-state index contributed by atoms with van der Waals surface area (Å²) in [6, 6.07) is 18.6. The number of morpholine rings is 1. The molecule has 0 N–H and O–H groups in total. The Morgan fingerprint density at radius 1 is 0.963 bits per heavy atom. The lowest BCUT2D eigenvalue weighted by Gasteiger charge is -2.26. The quantitative estimate of drug-likeness (QED) is 0.671. The lowest BCUT2D eigenvalue weighted by atomic mass is 10.0. The van der Waals surface area contributed by atoms with Gasteiger partial charge in [0, 0.05) is 37.0 Å². The van der Waals surface area contributed by atoms with E-state index < -0.39 is 0 Å². The molecule has 2 heterocycles. The van der Waals surface area contributed by atoms with Crippen LogP contribution >= 0.6 is 0 Å². The molecule has 0 aliphatic carbocycles. The molecule has 1 aromatic heterocycles. The van der Waals surface area contributed by atoms with Gasteiger partial charge >= 0.3 is 0 Å². The monoisotopic (exact) mass is 363 g/mol. The topological polar surface area (TPSA) is 39.5 Å². The molecule has 27 heavy (non-hydrogen) atoms. The van der Waals surface area contributed by atoms with Crippen molar-refractivity contribution in [3.05, 3.63) is 60.8 Å². The zero-order valence-electron chi connectivity index (χ0n) is 15.7. The molecule has 5 nitrogen and oxygen atoms in total. The zero-order valence-corrected chi connectivity index (χ0v) is 15.7. The summed E-state index contributed by atoms with van der Waals surface area (Å²) in [5.41, 5.74) is 4.33. The number of benzene rings is 2. The number of hydrogen-bond donors (Lipinski definition) is 0. The van der Waals surface area contributed by atoms with Crippen LogP contribution in [0, 0.1) is 0 Å². The molecule has 0 amide bonds. The maximum atomic E-state index is 5.51. The summed E-state index contributed by atoms with van der Waals surface area (Å²) < 4.78 is 12.9. The van der Waals surface area contributed by atoms with Crippen molar-refractivity contribution in [1.82, 2.24) is 14.7 Å². The summed E-state index contributed by atoms with van der Waals surface area (Å²) in [5.74, 6) is 0.880. The Bertz CT molecular complexity index is 885. The van der Waals surface area contributed by atoms with Crippen LogP contribution in [0.25, 0.3) is 22.4 Å². The minimum Gasteiger partial charge on any atom is -0.496 e. The summed E-state index contributed by atoms with van der Waals surface area (Å²) in [7, 11) is 1.71. The first-order valence-electron chi connectivity index (χ1n) is 9.41. The molecule has 3 aromatic rings. The number of rotatable bonds is 6. The van der Waals surface area contributed by atoms with Gasteiger partial charge in [-0.3, -0.25) is 9.58 Å². The van der Waals surface area contributed by atoms with Gasteiger partial charge < -0.3 is 9.47 Å². The van der Waals surface area contributed by atoms with E-state index in [4.69, 9.17) is 14.6 Å². The van der Waals surface area contributed by atoms with Crippen molar-refractivity contribution in [1.29, 1.82) is 0 Å². The molecule has 0 bridgehead atoms. The van der Waals surface area contributed by atoms with Crippen LogP contribution in [0.15, 0.2) is 60.8 Å². The van der Waals surface area contributed by atoms with E-state index in [1.165, 1.54) is 0 Å². The minimum atomic E-state index is 0.833. The van der Waals surface area contributed by atoms with E-state index in [2.05, 4.69) is 47.5 Å². The SMILES string of the molecule is COc1ccccc1-c1cccc(-c2ccn(CCN3CCOCC3)n2)c1. The van der Waals surface area contributed by atoms with Crippen LogP contribution in [-0.4, -0.2) is 54.6 Å². The van der Waals surface area contributed by atoms with Gasteiger partial charge in [0.15, 0.2) is 0 Å². The van der Waals surface area contributed by atoms with Gasteiger partial charge in [-0.05, 0) is 23.8 Å². The minimum absolute atomic E-state index is 0.833. The summed E-state index contributed by atoms with van der Waals surface area (Å²) in [6.07, 6.45) is 2.06. The van der Waals surface area contributed by atoms with Gasteiger partial charge in [0.2, 0.25) is 0 Å². The second kappa shape index (κ2) is 8.37. The number of nitrogens with zero attached hydrogens (tertiary/aromatic N) is 3. The van der Waals surface area contributed by atoms with E-state index in [-0.39, 0.29) is 0 Å². The third-order valence-corrected chi connectivity index (χ3v) is 4.97. The molecule has 1 aliphatic heterocycles. The second-order valence-corrected chi connectivity index (χ2v) is 6.70. The summed E-state index contributed by atoms with van der Waals surface area (Å²) in [4.78, 5) is 2.42. The Morgan fingerprint density at radius 3 is 2.63 bits per heavy atom. The fourth-order valence-electron chi connectivity index (χ4n) is 3.44. The van der Waals surface area contributed by atoms with E-state index >= 15 is 0 Å². The Balaban J connectivity index is 1.50. The largest absolute Gasteiger partial charge is 0.496 e. The van der Waals surface area contributed by atoms with E-state index in [1.54, 1.807) is 7.11 Å². The molecule has 4 rings (SSSR count). The molecule has 2 aromatic carbocycles. The highest BCUT2D eigenvalue weighted by molar-refractivity contribution is 5.75. The molecule has 1 saturated heterocycles. The van der Waals surface area contributed by atoms with E-state index in [1.807, 2.05) is 22.9 Å². The van der Waals surface area contributed by atoms with Crippen molar-refractivity contribution in [2.75, 3.05) is 40.0 Å². The molecular formula is C22H25N3O2. The van der Waals surface area contributed by atoms with Gasteiger partial charge in [-0.25, -0.2) is 0 Å². The molecule has 5 heteroatoms. The maximum absolute atomic E-state index is 5.51. The predicted octanol–water partition coefficient (Wildman–Crippen LogP) is 3.56. The standard InChI is InChI=1S/C22H25N3O2/c1-26-22-8-3-2-7-20(22)18-5-4-6-19(17-18)21-9-10-25(23-21)12-11-24-13-15-27-16-14-24/h2-10,17H,11-16H2,1H3. The van der Waals surface area contributed by atoms with Crippen LogP contribution in [0.2, 0.25) is 0 Å². The van der Waals surface area contributed by atoms with E-state index in [0.717, 1.165) is 67.5 Å². The van der Waals surface area contributed by atoms with E-state index in [0.29, 0.717) is 0 Å². The number of para-hydroxylation sites is 1. The fraction of sp³-hybridized carbons (Fsp3) is 0.318. The normalized spacial score (nSPS) is 15.0. The third-order valence-electron chi connectivity index (χ3n) is 4.97. The molecule has 0 radical (unpaired) electrons. The molecule has 1 fully saturated rings. The first kappa shape index (κ1) is 17.8. The van der Waals surface area contributed by atoms with Gasteiger partial charge in [-0.2, -0.15) is 5.10 Å². The first-order chi connectivity index (χ1) is 13.3. The van der Waals surface area contributed by atoms with Crippen molar-refractivity contribution in [3.63, 3.8) is 0 Å². The van der Waals surface area contributed by atoms with Gasteiger partial charge in [-0.15, -0.1) is 0 Å². The van der Waals surface area contributed by atoms with Crippen molar-refractivity contribution < 1.29 is 9.47 Å². The molecule has 1 aliphatic rings. The van der Waals surface area contributed by atoms with Crippen LogP contribution in [0.5, 0.6) is 5.75 Å². The number of hydrogen-bond acceptors (Lipinski definition) is 4. The second-order valence-electron chi connectivity index (χ2n) is 6.70. The Kier molecular flexibility index (Phi) is 5.51. The molecular weight excluding hydrogens is 338 g/mol. The average Bonchev–Trinajstić information content (AvgIpc) is 3.22. The summed E-state index contributed by atoms with van der Waals surface area (Å²) in [6.45, 7) is 5.59. The fourth-order valence-corrected chi connectivity index (χ4v) is 3.44. The third kappa shape index (κ3) is 4.21. The van der Waals surface area contributed by atoms with Crippen molar-refractivity contribution in [3.8, 4) is 28.1 Å². The van der Waals surface area contributed by atoms with Gasteiger partial charge in [0.1, 0.15) is 5.75 Å². The molecule has 0 saturated carbocycles. The van der Waals surface area contributed by atoms with Crippen LogP contribution < -0.4 is 4.74 Å². The van der Waals surface area contributed by atoms with Crippen molar-refractivity contribution in [2.45, 2.75) is 6.54 Å². The number of aromatic nitrogens is 2. The first-order valence-corrected chi connectivity index (χ1v) is 9.41. The molecule has 0 atom stereocenters. The number of ether oxygens (including phenoxy) is 2. The predicted molar refractivity (Wildman–Crippen MR) is 107 cm³/mol. The van der Waals surface area contributed by atoms with E-state index in [9.17, 15) is 0 Å². The van der Waals surface area contributed by atoms with Gasteiger partial charge in [-0.1, -0.05) is 36.4 Å². The Hall–Kier alpha value is -2.63. The van der Waals surface area contributed by atoms with Crippen LogP contribution in [0.4, 0.5) is 0 Å². The highest BCUT2D eigenvalue weighted by Gasteiger charge is 2.11. The Morgan fingerprint density at radius 2 is 1.78 bits per heavy atom. The zero-order chi connectivity index (χ0) is 18.5. The van der Waals surface area contributed by atoms with Crippen LogP contribution in [-0.2, 0) is 11.3 Å². The molecule has 0 spiro atoms. The van der Waals surface area contributed by atoms with Crippen LogP contribution in [0.1, 0.15) is 0 Å². The summed E-state index contributed by atoms with van der Waals surface area (Å²) in [5, 5.41) is 4.77. The lowest BCUT2D eigenvalue weighted by molar-refractivity contribution is 0.0360. The molecule has 0 unspecified atom stereocenters. The number of methoxy groups -OCH3 is 1. The molecule has 140 valence electrons. The highest BCUT2D eigenvalue weighted by Crippen LogP contribution is 2.31. The lowest BCUT2D eigenvalue weighted by Crippen LogP contribution is -2.38. The van der Waals surface area contributed by atoms with Crippen molar-refractivity contribution >= 4 is 0 Å². The average molecular weight is 363 g/mol. The van der Waals surface area contributed by atoms with Gasteiger partial charge in [0.25, 0.3) is 0 Å². The van der Waals surface area contributed by atoms with Crippen molar-refractivity contribution in [2.24, 2.45) is 0 Å². The van der Waals surface area contributed by atoms with Crippen LogP contribution in [0.3, 0.4) is 0 Å². The Labute approximate surface area is 160 Å². The van der Waals surface area contributed by atoms with Gasteiger partial charge in [0.05, 0.1) is 32.6 Å². The summed E-state index contributed by atoms with van der Waals surface area (Å²) >= 11 is 0. The maximum Gasteiger partial charge on any atom is 0.126 e. The highest BCUT2D eigenvalue weighted by atomic mass is 16.5. The smallest absolute Gasteiger partial charge is 0.126 e.